The quantitative estimate of drug-likeness (QED) is 0.533. The molecule has 7 heteroatoms. The molecule has 0 aromatic heterocycles. The second kappa shape index (κ2) is 6.14. The first-order valence-corrected chi connectivity index (χ1v) is 9.61. The maximum Gasteiger partial charge on any atom is 0.168 e. The zero-order valence-electron chi connectivity index (χ0n) is 14.2. The fourth-order valence-electron chi connectivity index (χ4n) is 4.29. The summed E-state index contributed by atoms with van der Waals surface area (Å²) < 4.78 is 12.9. The third-order valence-electron chi connectivity index (χ3n) is 5.54. The van der Waals surface area contributed by atoms with E-state index in [2.05, 4.69) is 32.2 Å². The standard InChI is InChI=1S/C18H21BrN2O3S/c1-20-17(25)21-6-5-18-4-3-10(22)7-14(18)24-16-13(23-2)8-12(19)11(9-21)15(16)18/h3-4,8,10,14,22H,5-7,9H2,1-2H3,(H,20,25)/t10-,14?,18?/m0/s1. The van der Waals surface area contributed by atoms with Crippen LogP contribution in [0.4, 0.5) is 0 Å². The van der Waals surface area contributed by atoms with Gasteiger partial charge in [0.15, 0.2) is 16.6 Å². The van der Waals surface area contributed by atoms with Crippen molar-refractivity contribution < 1.29 is 14.6 Å². The lowest BCUT2D eigenvalue weighted by Crippen LogP contribution is -2.44. The van der Waals surface area contributed by atoms with Crippen LogP contribution in [0.15, 0.2) is 22.7 Å². The number of nitrogens with zero attached hydrogens (tertiary/aromatic N) is 1. The maximum absolute atomic E-state index is 10.1. The molecule has 2 N–H and O–H groups in total. The van der Waals surface area contributed by atoms with E-state index in [1.807, 2.05) is 19.2 Å². The number of aliphatic hydroxyl groups is 1. The number of halogens is 1. The first-order chi connectivity index (χ1) is 12.0. The van der Waals surface area contributed by atoms with Crippen LogP contribution in [-0.4, -0.2) is 48.0 Å². The fourth-order valence-corrected chi connectivity index (χ4v) is 4.98. The van der Waals surface area contributed by atoms with Crippen LogP contribution in [0.3, 0.4) is 0 Å². The summed E-state index contributed by atoms with van der Waals surface area (Å²) in [4.78, 5) is 2.19. The average Bonchev–Trinajstić information content (AvgIpc) is 2.82. The van der Waals surface area contributed by atoms with Crippen molar-refractivity contribution in [2.75, 3.05) is 20.7 Å². The molecule has 25 heavy (non-hydrogen) atoms. The number of hydrogen-bond donors (Lipinski definition) is 2. The summed E-state index contributed by atoms with van der Waals surface area (Å²) >= 11 is 9.22. The van der Waals surface area contributed by atoms with Crippen molar-refractivity contribution >= 4 is 33.3 Å². The van der Waals surface area contributed by atoms with E-state index >= 15 is 0 Å². The molecule has 0 fully saturated rings. The summed E-state index contributed by atoms with van der Waals surface area (Å²) in [6, 6.07) is 1.96. The number of rotatable bonds is 1. The highest BCUT2D eigenvalue weighted by molar-refractivity contribution is 9.10. The lowest BCUT2D eigenvalue weighted by Gasteiger charge is -2.36. The van der Waals surface area contributed by atoms with E-state index < -0.39 is 6.10 Å². The molecular formula is C18H21BrN2O3S. The summed E-state index contributed by atoms with van der Waals surface area (Å²) in [6.45, 7) is 1.53. The Morgan fingerprint density at radius 1 is 1.56 bits per heavy atom. The van der Waals surface area contributed by atoms with Gasteiger partial charge in [0.25, 0.3) is 0 Å². The molecule has 2 unspecified atom stereocenters. The minimum atomic E-state index is -0.472. The highest BCUT2D eigenvalue weighted by atomic mass is 79.9. The topological polar surface area (TPSA) is 54.0 Å². The van der Waals surface area contributed by atoms with E-state index in [1.165, 1.54) is 11.1 Å². The van der Waals surface area contributed by atoms with Gasteiger partial charge in [0.1, 0.15) is 6.10 Å². The Morgan fingerprint density at radius 2 is 2.36 bits per heavy atom. The van der Waals surface area contributed by atoms with Crippen molar-refractivity contribution in [2.24, 2.45) is 0 Å². The van der Waals surface area contributed by atoms with E-state index in [9.17, 15) is 5.11 Å². The van der Waals surface area contributed by atoms with Crippen LogP contribution >= 0.6 is 28.1 Å². The third kappa shape index (κ3) is 2.47. The minimum absolute atomic E-state index is 0.0902. The van der Waals surface area contributed by atoms with Crippen LogP contribution in [0.1, 0.15) is 24.0 Å². The van der Waals surface area contributed by atoms with Gasteiger partial charge in [-0.15, -0.1) is 0 Å². The van der Waals surface area contributed by atoms with Crippen molar-refractivity contribution in [3.8, 4) is 11.5 Å². The second-order valence-corrected chi connectivity index (χ2v) is 8.02. The minimum Gasteiger partial charge on any atom is -0.493 e. The number of methoxy groups -OCH3 is 1. The smallest absolute Gasteiger partial charge is 0.168 e. The zero-order chi connectivity index (χ0) is 17.8. The number of aliphatic hydroxyl groups excluding tert-OH is 1. The normalized spacial score (nSPS) is 29.4. The third-order valence-corrected chi connectivity index (χ3v) is 6.71. The highest BCUT2D eigenvalue weighted by Gasteiger charge is 2.53. The number of nitrogens with one attached hydrogen (secondary N) is 1. The van der Waals surface area contributed by atoms with Crippen LogP contribution < -0.4 is 14.8 Å². The number of ether oxygens (including phenoxy) is 2. The predicted octanol–water partition coefficient (Wildman–Crippen LogP) is 2.49. The van der Waals surface area contributed by atoms with Gasteiger partial charge < -0.3 is 24.8 Å². The number of benzene rings is 1. The lowest BCUT2D eigenvalue weighted by molar-refractivity contribution is 0.0833. The van der Waals surface area contributed by atoms with Crippen molar-refractivity contribution in [2.45, 2.75) is 37.0 Å². The largest absolute Gasteiger partial charge is 0.493 e. The summed E-state index contributed by atoms with van der Waals surface area (Å²) in [5.41, 5.74) is 2.10. The predicted molar refractivity (Wildman–Crippen MR) is 103 cm³/mol. The van der Waals surface area contributed by atoms with Crippen LogP contribution in [0, 0.1) is 0 Å². The highest BCUT2D eigenvalue weighted by Crippen LogP contribution is 2.57. The summed E-state index contributed by atoms with van der Waals surface area (Å²) in [7, 11) is 3.51. The Morgan fingerprint density at radius 3 is 3.08 bits per heavy atom. The Hall–Kier alpha value is -1.31. The van der Waals surface area contributed by atoms with Crippen molar-refractivity contribution in [1.82, 2.24) is 10.2 Å². The molecule has 134 valence electrons. The maximum atomic E-state index is 10.1. The molecule has 5 nitrogen and oxygen atoms in total. The fraction of sp³-hybridized carbons (Fsp3) is 0.500. The summed E-state index contributed by atoms with van der Waals surface area (Å²) in [6.07, 6.45) is 4.94. The van der Waals surface area contributed by atoms with Gasteiger partial charge in [0.05, 0.1) is 18.6 Å². The molecular weight excluding hydrogens is 404 g/mol. The summed E-state index contributed by atoms with van der Waals surface area (Å²) in [5.74, 6) is 1.54. The van der Waals surface area contributed by atoms with Crippen LogP contribution in [0.2, 0.25) is 0 Å². The van der Waals surface area contributed by atoms with Crippen LogP contribution in [0.25, 0.3) is 0 Å². The first kappa shape index (κ1) is 17.1. The molecule has 1 aromatic carbocycles. The SMILES string of the molecule is CNC(=S)N1CCC23C=C[C@H](O)CC2Oc2c(OC)cc(Br)c(c23)C1. The van der Waals surface area contributed by atoms with E-state index in [-0.39, 0.29) is 11.5 Å². The van der Waals surface area contributed by atoms with E-state index in [1.54, 1.807) is 7.11 Å². The van der Waals surface area contributed by atoms with E-state index in [0.717, 1.165) is 34.0 Å². The molecule has 0 bridgehead atoms. The van der Waals surface area contributed by atoms with Gasteiger partial charge in [-0.2, -0.15) is 0 Å². The van der Waals surface area contributed by atoms with Crippen molar-refractivity contribution in [3.05, 3.63) is 33.8 Å². The molecule has 0 saturated carbocycles. The molecule has 3 aliphatic rings. The second-order valence-electron chi connectivity index (χ2n) is 6.78. The molecule has 0 saturated heterocycles. The Labute approximate surface area is 161 Å². The molecule has 3 atom stereocenters. The molecule has 4 rings (SSSR count). The molecule has 0 amide bonds. The van der Waals surface area contributed by atoms with Gasteiger partial charge in [-0.05, 0) is 30.3 Å². The molecule has 1 aliphatic carbocycles. The van der Waals surface area contributed by atoms with Crippen LogP contribution in [-0.2, 0) is 12.0 Å². The Bertz CT molecular complexity index is 769. The van der Waals surface area contributed by atoms with E-state index in [0.29, 0.717) is 13.0 Å². The van der Waals surface area contributed by atoms with Gasteiger partial charge in [-0.3, -0.25) is 0 Å². The molecule has 1 aromatic rings. The lowest BCUT2D eigenvalue weighted by atomic mass is 9.69. The first-order valence-electron chi connectivity index (χ1n) is 8.40. The molecule has 0 radical (unpaired) electrons. The Balaban J connectivity index is 1.93. The molecule has 1 spiro atoms. The van der Waals surface area contributed by atoms with Crippen molar-refractivity contribution in [1.29, 1.82) is 0 Å². The van der Waals surface area contributed by atoms with Gasteiger partial charge in [0, 0.05) is 36.6 Å². The average molecular weight is 425 g/mol. The Kier molecular flexibility index (Phi) is 4.21. The van der Waals surface area contributed by atoms with Gasteiger partial charge >= 0.3 is 0 Å². The summed E-state index contributed by atoms with van der Waals surface area (Å²) in [5, 5.41) is 13.9. The van der Waals surface area contributed by atoms with Gasteiger partial charge in [0.2, 0.25) is 0 Å². The molecule has 2 aliphatic heterocycles. The van der Waals surface area contributed by atoms with Gasteiger partial charge in [-0.1, -0.05) is 28.1 Å². The molecule has 2 heterocycles. The number of thiocarbonyl (C=S) groups is 1. The number of hydrogen-bond acceptors (Lipinski definition) is 4. The van der Waals surface area contributed by atoms with Crippen molar-refractivity contribution in [3.63, 3.8) is 0 Å². The monoisotopic (exact) mass is 424 g/mol. The van der Waals surface area contributed by atoms with Gasteiger partial charge in [-0.25, -0.2) is 0 Å². The van der Waals surface area contributed by atoms with E-state index in [4.69, 9.17) is 21.7 Å². The zero-order valence-corrected chi connectivity index (χ0v) is 16.6. The van der Waals surface area contributed by atoms with Crippen LogP contribution in [0.5, 0.6) is 11.5 Å².